The molecule has 0 aliphatic rings. The molecule has 0 radical (unpaired) electrons. The molecular weight excluding hydrogens is 122 g/mol. The van der Waals surface area contributed by atoms with Gasteiger partial charge in [0.25, 0.3) is 0 Å². The average Bonchev–Trinajstić information content (AvgIpc) is 1.38. The second kappa shape index (κ2) is 2.51. The summed E-state index contributed by atoms with van der Waals surface area (Å²) < 4.78 is 0. The molecule has 0 atom stereocenters. The molecule has 0 aliphatic heterocycles. The Morgan fingerprint density at radius 1 is 1.60 bits per heavy atom. The number of nitrogens with zero attached hydrogens (tertiary/aromatic N) is 1. The summed E-state index contributed by atoms with van der Waals surface area (Å²) in [7, 11) is -0.850. The van der Waals surface area contributed by atoms with Gasteiger partial charge in [0.05, 0.1) is 0 Å². The zero-order valence-electron chi connectivity index (χ0n) is 2.17. The van der Waals surface area contributed by atoms with Crippen molar-refractivity contribution in [2.24, 2.45) is 0 Å². The SMILES string of the molecule is N#C[S-](=S)=S. The summed E-state index contributed by atoms with van der Waals surface area (Å²) in [5.41, 5.74) is 0. The predicted octanol–water partition coefficient (Wildman–Crippen LogP) is 0.00958. The number of hydrogen-bond acceptors (Lipinski definition) is 4. The Balaban J connectivity index is 3.88. The van der Waals surface area contributed by atoms with Crippen molar-refractivity contribution < 1.29 is 0 Å². The molecule has 0 aromatic carbocycles. The van der Waals surface area contributed by atoms with E-state index in [1.165, 1.54) is 0 Å². The fraction of sp³-hybridized carbons (Fsp3) is 0. The Bertz CT molecular complexity index is 107. The van der Waals surface area contributed by atoms with Crippen molar-refractivity contribution in [2.75, 3.05) is 0 Å². The fourth-order valence-electron chi connectivity index (χ4n) is 0. The molecule has 5 heavy (non-hydrogen) atoms. The van der Waals surface area contributed by atoms with Crippen LogP contribution < -0.4 is 0 Å². The fourth-order valence-corrected chi connectivity index (χ4v) is 0. The molecule has 0 amide bonds. The number of rotatable bonds is 0. The zero-order chi connectivity index (χ0) is 4.28. The first kappa shape index (κ1) is 5.28. The number of hydrogen-bond donors (Lipinski definition) is 0. The van der Waals surface area contributed by atoms with Crippen molar-refractivity contribution >= 4 is 30.4 Å². The van der Waals surface area contributed by atoms with Crippen LogP contribution in [0.15, 0.2) is 0 Å². The first-order valence-electron chi connectivity index (χ1n) is 0.761. The van der Waals surface area contributed by atoms with Crippen LogP contribution in [0.5, 0.6) is 0 Å². The van der Waals surface area contributed by atoms with Crippen LogP contribution in [0.25, 0.3) is 0 Å². The van der Waals surface area contributed by atoms with Crippen molar-refractivity contribution in [1.29, 1.82) is 5.26 Å². The second-order valence-corrected chi connectivity index (χ2v) is 3.61. The van der Waals surface area contributed by atoms with Crippen molar-refractivity contribution in [3.8, 4) is 5.40 Å². The minimum atomic E-state index is -0.850. The molecule has 0 unspecified atom stereocenters. The first-order valence-corrected chi connectivity index (χ1v) is 3.84. The van der Waals surface area contributed by atoms with Crippen LogP contribution in [0.4, 0.5) is 0 Å². The van der Waals surface area contributed by atoms with Gasteiger partial charge in [-0.05, 0) is 5.40 Å². The van der Waals surface area contributed by atoms with E-state index in [2.05, 4.69) is 22.4 Å². The minimum Gasteiger partial charge on any atom is -0.251 e. The van der Waals surface area contributed by atoms with Gasteiger partial charge in [-0.15, -0.1) is 0 Å². The van der Waals surface area contributed by atoms with Crippen LogP contribution in [0.2, 0.25) is 0 Å². The lowest BCUT2D eigenvalue weighted by Crippen LogP contribution is -1.48. The molecule has 0 fully saturated rings. The standard InChI is InChI=1S/CNS3/c2-1-5(3)4/q-1. The van der Waals surface area contributed by atoms with E-state index >= 15 is 0 Å². The van der Waals surface area contributed by atoms with Crippen LogP contribution >= 0.6 is 0 Å². The van der Waals surface area contributed by atoms with Gasteiger partial charge in [-0.25, -0.2) is 27.6 Å². The molecule has 4 heteroatoms. The highest BCUT2D eigenvalue weighted by atomic mass is 33.1. The number of nitriles is 1. The van der Waals surface area contributed by atoms with Gasteiger partial charge in [-0.2, -0.15) is 0 Å². The third-order valence-corrected chi connectivity index (χ3v) is 0.671. The first-order chi connectivity index (χ1) is 2.27. The number of thiocyanates is 1. The Labute approximate surface area is 41.4 Å². The smallest absolute Gasteiger partial charge is 0.0353 e. The van der Waals surface area contributed by atoms with Gasteiger partial charge in [0.1, 0.15) is 0 Å². The van der Waals surface area contributed by atoms with Crippen LogP contribution in [-0.4, -0.2) is 0 Å². The molecule has 0 aliphatic carbocycles. The summed E-state index contributed by atoms with van der Waals surface area (Å²) >= 11 is 8.52. The normalized spacial score (nSPS) is 7.20. The summed E-state index contributed by atoms with van der Waals surface area (Å²) in [6, 6.07) is 0. The largest absolute Gasteiger partial charge is 0.251 e. The van der Waals surface area contributed by atoms with Gasteiger partial charge in [0.2, 0.25) is 0 Å². The lowest BCUT2D eigenvalue weighted by molar-refractivity contribution is 1.57. The Morgan fingerprint density at radius 3 is 1.80 bits per heavy atom. The van der Waals surface area contributed by atoms with Crippen molar-refractivity contribution in [1.82, 2.24) is 0 Å². The molecule has 1 nitrogen and oxygen atoms in total. The van der Waals surface area contributed by atoms with E-state index in [4.69, 9.17) is 5.26 Å². The van der Waals surface area contributed by atoms with Crippen LogP contribution in [0, 0.1) is 10.7 Å². The molecule has 0 saturated carbocycles. The highest BCUT2D eigenvalue weighted by Crippen LogP contribution is 1.48. The quantitative estimate of drug-likeness (QED) is 0.334. The van der Waals surface area contributed by atoms with Crippen LogP contribution in [0.3, 0.4) is 0 Å². The zero-order valence-corrected chi connectivity index (χ0v) is 4.62. The van der Waals surface area contributed by atoms with Crippen LogP contribution in [0.1, 0.15) is 0 Å². The molecule has 0 bridgehead atoms. The van der Waals surface area contributed by atoms with E-state index in [0.29, 0.717) is 0 Å². The Kier molecular flexibility index (Phi) is 2.65. The van der Waals surface area contributed by atoms with Crippen molar-refractivity contribution in [3.63, 3.8) is 0 Å². The summed E-state index contributed by atoms with van der Waals surface area (Å²) in [5.74, 6) is 0. The summed E-state index contributed by atoms with van der Waals surface area (Å²) in [4.78, 5) is 0. The summed E-state index contributed by atoms with van der Waals surface area (Å²) in [6.07, 6.45) is 0. The maximum Gasteiger partial charge on any atom is -0.0353 e. The summed E-state index contributed by atoms with van der Waals surface area (Å²) in [5, 5.41) is 9.38. The van der Waals surface area contributed by atoms with Gasteiger partial charge in [0.15, 0.2) is 0 Å². The van der Waals surface area contributed by atoms with E-state index in [1.807, 2.05) is 0 Å². The molecule has 0 aromatic rings. The highest BCUT2D eigenvalue weighted by molar-refractivity contribution is 8.48. The summed E-state index contributed by atoms with van der Waals surface area (Å²) in [6.45, 7) is 0. The third-order valence-electron chi connectivity index (χ3n) is 0.0745. The molecule has 0 heterocycles. The van der Waals surface area contributed by atoms with Crippen molar-refractivity contribution in [3.05, 3.63) is 0 Å². The molecule has 0 saturated heterocycles. The maximum absolute atomic E-state index is 7.70. The molecule has 28 valence electrons. The molecule has 0 spiro atoms. The average molecular weight is 122 g/mol. The van der Waals surface area contributed by atoms with E-state index in [9.17, 15) is 0 Å². The second-order valence-electron chi connectivity index (χ2n) is 0.326. The lowest BCUT2D eigenvalue weighted by atomic mass is 11.8. The third kappa shape index (κ3) is 4.28. The van der Waals surface area contributed by atoms with Gasteiger partial charge >= 0.3 is 0 Å². The molecule has 0 rings (SSSR count). The minimum absolute atomic E-state index is 0.850. The maximum atomic E-state index is 7.70. The van der Waals surface area contributed by atoms with E-state index < -0.39 is 8.01 Å². The molecule has 0 N–H and O–H groups in total. The Hall–Kier alpha value is 0.280. The van der Waals surface area contributed by atoms with E-state index in [1.54, 1.807) is 5.40 Å². The predicted molar refractivity (Wildman–Crippen MR) is 27.7 cm³/mol. The van der Waals surface area contributed by atoms with Gasteiger partial charge in [-0.3, -0.25) is 8.01 Å². The Morgan fingerprint density at radius 2 is 1.80 bits per heavy atom. The molecule has 0 aromatic heterocycles. The monoisotopic (exact) mass is 122 g/mol. The van der Waals surface area contributed by atoms with Crippen LogP contribution in [-0.2, 0) is 30.4 Å². The molecular formula is CNS3-. The van der Waals surface area contributed by atoms with E-state index in [0.717, 1.165) is 0 Å². The lowest BCUT2D eigenvalue weighted by Gasteiger charge is -1.67. The topological polar surface area (TPSA) is 23.8 Å². The highest BCUT2D eigenvalue weighted by Gasteiger charge is 1.30. The van der Waals surface area contributed by atoms with Gasteiger partial charge in [-0.1, -0.05) is 0 Å². The van der Waals surface area contributed by atoms with Gasteiger partial charge in [0, 0.05) is 0 Å². The van der Waals surface area contributed by atoms with E-state index in [-0.39, 0.29) is 0 Å². The van der Waals surface area contributed by atoms with Gasteiger partial charge < -0.3 is 0 Å². The van der Waals surface area contributed by atoms with Crippen molar-refractivity contribution in [2.45, 2.75) is 0 Å².